The van der Waals surface area contributed by atoms with Gasteiger partial charge in [-0.2, -0.15) is 0 Å². The van der Waals surface area contributed by atoms with Crippen LogP contribution in [0.15, 0.2) is 36.4 Å². The van der Waals surface area contributed by atoms with Crippen molar-refractivity contribution in [2.75, 3.05) is 6.54 Å². The maximum Gasteiger partial charge on any atom is 0.252 e. The van der Waals surface area contributed by atoms with Crippen LogP contribution < -0.4 is 0 Å². The lowest BCUT2D eigenvalue weighted by Gasteiger charge is -2.35. The monoisotopic (exact) mass is 327 g/mol. The van der Waals surface area contributed by atoms with Crippen molar-refractivity contribution in [1.29, 1.82) is 0 Å². The molecule has 0 saturated heterocycles. The van der Waals surface area contributed by atoms with E-state index in [-0.39, 0.29) is 17.2 Å². The summed E-state index contributed by atoms with van der Waals surface area (Å²) in [5.74, 6) is -0.311. The Morgan fingerprint density at radius 1 is 1.04 bits per heavy atom. The number of imide groups is 1. The highest BCUT2D eigenvalue weighted by Crippen LogP contribution is 2.33. The molecule has 1 aromatic rings. The lowest BCUT2D eigenvalue weighted by Crippen LogP contribution is -2.50. The van der Waals surface area contributed by atoms with E-state index < -0.39 is 5.41 Å². The smallest absolute Gasteiger partial charge is 0.252 e. The van der Waals surface area contributed by atoms with Gasteiger partial charge in [-0.05, 0) is 29.9 Å². The third-order valence-electron chi connectivity index (χ3n) is 4.85. The summed E-state index contributed by atoms with van der Waals surface area (Å²) in [6.45, 7) is 11.0. The quantitative estimate of drug-likeness (QED) is 0.595. The molecular weight excluding hydrogens is 298 g/mol. The summed E-state index contributed by atoms with van der Waals surface area (Å²) in [5.41, 5.74) is 1.48. The van der Waals surface area contributed by atoms with Crippen molar-refractivity contribution in [1.82, 2.24) is 4.90 Å². The molecule has 1 aliphatic rings. The molecule has 0 bridgehead atoms. The van der Waals surface area contributed by atoms with Crippen molar-refractivity contribution in [3.63, 3.8) is 0 Å². The van der Waals surface area contributed by atoms with Crippen molar-refractivity contribution < 1.29 is 9.59 Å². The Morgan fingerprint density at radius 3 is 2.21 bits per heavy atom. The van der Waals surface area contributed by atoms with Gasteiger partial charge in [0.2, 0.25) is 5.91 Å². The van der Waals surface area contributed by atoms with E-state index in [0.717, 1.165) is 24.8 Å². The molecular formula is C21H29NO2. The van der Waals surface area contributed by atoms with Crippen LogP contribution in [0.25, 0.3) is 0 Å². The van der Waals surface area contributed by atoms with Gasteiger partial charge in [0.25, 0.3) is 5.91 Å². The van der Waals surface area contributed by atoms with E-state index in [0.29, 0.717) is 6.54 Å². The minimum Gasteiger partial charge on any atom is -0.278 e. The summed E-state index contributed by atoms with van der Waals surface area (Å²) >= 11 is 0. The van der Waals surface area contributed by atoms with Crippen molar-refractivity contribution in [2.24, 2.45) is 0 Å². The molecule has 2 amide bonds. The lowest BCUT2D eigenvalue weighted by atomic mass is 9.77. The van der Waals surface area contributed by atoms with E-state index in [1.165, 1.54) is 10.5 Å². The largest absolute Gasteiger partial charge is 0.278 e. The van der Waals surface area contributed by atoms with Gasteiger partial charge in [0.1, 0.15) is 0 Å². The second-order valence-electron chi connectivity index (χ2n) is 7.87. The molecule has 3 heteroatoms. The van der Waals surface area contributed by atoms with E-state index in [1.807, 2.05) is 19.1 Å². The molecule has 1 aromatic carbocycles. The van der Waals surface area contributed by atoms with Crippen molar-refractivity contribution >= 4 is 11.8 Å². The minimum absolute atomic E-state index is 0.0774. The van der Waals surface area contributed by atoms with Gasteiger partial charge in [0.05, 0.1) is 5.41 Å². The Bertz CT molecular complexity index is 637. The predicted molar refractivity (Wildman–Crippen MR) is 97.9 cm³/mol. The normalized spacial score (nSPS) is 21.5. The van der Waals surface area contributed by atoms with Gasteiger partial charge in [0, 0.05) is 12.6 Å². The van der Waals surface area contributed by atoms with Gasteiger partial charge >= 0.3 is 0 Å². The zero-order valence-electron chi connectivity index (χ0n) is 15.6. The number of nitrogens with zero attached hydrogens (tertiary/aromatic N) is 1. The molecule has 0 spiro atoms. The highest BCUT2D eigenvalue weighted by atomic mass is 16.2. The Balaban J connectivity index is 2.29. The molecule has 0 fully saturated rings. The van der Waals surface area contributed by atoms with Crippen LogP contribution >= 0.6 is 0 Å². The molecule has 24 heavy (non-hydrogen) atoms. The number of hydrogen-bond donors (Lipinski definition) is 0. The maximum atomic E-state index is 13.0. The molecule has 1 atom stereocenters. The van der Waals surface area contributed by atoms with E-state index in [4.69, 9.17) is 0 Å². The zero-order valence-corrected chi connectivity index (χ0v) is 15.6. The summed E-state index contributed by atoms with van der Waals surface area (Å²) in [7, 11) is 0. The maximum absolute atomic E-state index is 13.0. The number of carbonyl (C=O) groups is 2. The fourth-order valence-electron chi connectivity index (χ4n) is 3.05. The molecule has 1 unspecified atom stereocenters. The SMILES string of the molecule is CCCCCN1C(=O)C=CC(C)(c2ccc(C(C)(C)C)cc2)C1=O. The third-order valence-corrected chi connectivity index (χ3v) is 4.85. The Morgan fingerprint density at radius 2 is 1.67 bits per heavy atom. The molecule has 2 rings (SSSR count). The van der Waals surface area contributed by atoms with Crippen LogP contribution in [-0.2, 0) is 20.4 Å². The summed E-state index contributed by atoms with van der Waals surface area (Å²) in [4.78, 5) is 26.5. The van der Waals surface area contributed by atoms with Gasteiger partial charge in [-0.15, -0.1) is 0 Å². The zero-order chi connectivity index (χ0) is 18.0. The summed E-state index contributed by atoms with van der Waals surface area (Å²) in [6.07, 6.45) is 6.25. The second-order valence-corrected chi connectivity index (χ2v) is 7.87. The van der Waals surface area contributed by atoms with Crippen molar-refractivity contribution in [3.8, 4) is 0 Å². The van der Waals surface area contributed by atoms with Crippen LogP contribution in [0.5, 0.6) is 0 Å². The first-order valence-corrected chi connectivity index (χ1v) is 8.86. The molecule has 1 aliphatic heterocycles. The van der Waals surface area contributed by atoms with Crippen molar-refractivity contribution in [2.45, 2.75) is 64.7 Å². The topological polar surface area (TPSA) is 37.4 Å². The predicted octanol–water partition coefficient (Wildman–Crippen LogP) is 4.36. The van der Waals surface area contributed by atoms with Gasteiger partial charge in [0.15, 0.2) is 0 Å². The first-order valence-electron chi connectivity index (χ1n) is 8.86. The number of rotatable bonds is 5. The summed E-state index contributed by atoms with van der Waals surface area (Å²) < 4.78 is 0. The average Bonchev–Trinajstić information content (AvgIpc) is 2.54. The van der Waals surface area contributed by atoms with Crippen LogP contribution in [-0.4, -0.2) is 23.3 Å². The second kappa shape index (κ2) is 6.92. The third kappa shape index (κ3) is 3.61. The van der Waals surface area contributed by atoms with Crippen LogP contribution in [0.4, 0.5) is 0 Å². The Kier molecular flexibility index (Phi) is 5.32. The van der Waals surface area contributed by atoms with Crippen LogP contribution in [0.3, 0.4) is 0 Å². The summed E-state index contributed by atoms with van der Waals surface area (Å²) in [5, 5.41) is 0. The highest BCUT2D eigenvalue weighted by molar-refractivity contribution is 6.09. The fourth-order valence-corrected chi connectivity index (χ4v) is 3.05. The van der Waals surface area contributed by atoms with Crippen LogP contribution in [0, 0.1) is 0 Å². The highest BCUT2D eigenvalue weighted by Gasteiger charge is 2.41. The van der Waals surface area contributed by atoms with E-state index in [2.05, 4.69) is 39.8 Å². The number of carbonyl (C=O) groups excluding carboxylic acids is 2. The molecule has 3 nitrogen and oxygen atoms in total. The Hall–Kier alpha value is -1.90. The molecule has 0 aliphatic carbocycles. The van der Waals surface area contributed by atoms with Gasteiger partial charge < -0.3 is 0 Å². The molecule has 0 N–H and O–H groups in total. The molecule has 1 heterocycles. The number of amides is 2. The van der Waals surface area contributed by atoms with Gasteiger partial charge in [-0.25, -0.2) is 0 Å². The standard InChI is InChI=1S/C21H29NO2/c1-6-7-8-15-22-18(23)13-14-21(5,19(22)24)17-11-9-16(10-12-17)20(2,3)4/h9-14H,6-8,15H2,1-5H3. The summed E-state index contributed by atoms with van der Waals surface area (Å²) in [6, 6.07) is 8.20. The molecule has 0 saturated carbocycles. The van der Waals surface area contributed by atoms with Gasteiger partial charge in [-0.1, -0.05) is 70.9 Å². The average molecular weight is 327 g/mol. The van der Waals surface area contributed by atoms with Gasteiger partial charge in [-0.3, -0.25) is 14.5 Å². The van der Waals surface area contributed by atoms with Crippen LogP contribution in [0.1, 0.15) is 65.0 Å². The lowest BCUT2D eigenvalue weighted by molar-refractivity contribution is -0.146. The minimum atomic E-state index is -0.767. The molecule has 0 aromatic heterocycles. The van der Waals surface area contributed by atoms with E-state index >= 15 is 0 Å². The van der Waals surface area contributed by atoms with E-state index in [9.17, 15) is 9.59 Å². The number of unbranched alkanes of at least 4 members (excludes halogenated alkanes) is 2. The van der Waals surface area contributed by atoms with Crippen molar-refractivity contribution in [3.05, 3.63) is 47.5 Å². The van der Waals surface area contributed by atoms with E-state index in [1.54, 1.807) is 12.2 Å². The van der Waals surface area contributed by atoms with Crippen LogP contribution in [0.2, 0.25) is 0 Å². The number of benzene rings is 1. The number of hydrogen-bond acceptors (Lipinski definition) is 2. The first kappa shape index (κ1) is 18.4. The molecule has 130 valence electrons. The molecule has 0 radical (unpaired) electrons. The fraction of sp³-hybridized carbons (Fsp3) is 0.524. The first-order chi connectivity index (χ1) is 11.2. The Labute approximate surface area is 145 Å².